The van der Waals surface area contributed by atoms with Crippen molar-refractivity contribution < 1.29 is 8.42 Å². The van der Waals surface area contributed by atoms with Crippen LogP contribution >= 0.6 is 0 Å². The molecule has 2 rings (SSSR count). The molecule has 1 saturated carbocycles. The van der Waals surface area contributed by atoms with Gasteiger partial charge in [-0.1, -0.05) is 37.8 Å². The molecule has 0 amide bonds. The highest BCUT2D eigenvalue weighted by Crippen LogP contribution is 2.27. The molecule has 0 aromatic heterocycles. The topological polar surface area (TPSA) is 72.2 Å². The Hall–Kier alpha value is -0.910. The van der Waals surface area contributed by atoms with Crippen LogP contribution in [0.1, 0.15) is 50.6 Å². The molecule has 0 radical (unpaired) electrons. The van der Waals surface area contributed by atoms with Crippen LogP contribution in [0.5, 0.6) is 0 Å². The quantitative estimate of drug-likeness (QED) is 0.847. The van der Waals surface area contributed by atoms with Crippen molar-refractivity contribution in [2.75, 3.05) is 6.54 Å². The molecule has 1 unspecified atom stereocenters. The fraction of sp³-hybridized carbons (Fsp3) is 0.600. The third-order valence-electron chi connectivity index (χ3n) is 4.01. The predicted molar refractivity (Wildman–Crippen MR) is 80.8 cm³/mol. The Labute approximate surface area is 121 Å². The number of rotatable bonds is 6. The molecule has 1 aromatic carbocycles. The Kier molecular flexibility index (Phi) is 5.18. The van der Waals surface area contributed by atoms with E-state index >= 15 is 0 Å². The van der Waals surface area contributed by atoms with Gasteiger partial charge in [-0.2, -0.15) is 0 Å². The molecule has 1 atom stereocenters. The van der Waals surface area contributed by atoms with E-state index in [9.17, 15) is 8.42 Å². The van der Waals surface area contributed by atoms with Crippen molar-refractivity contribution in [3.8, 4) is 0 Å². The molecule has 1 aliphatic carbocycles. The van der Waals surface area contributed by atoms with E-state index in [1.54, 1.807) is 18.2 Å². The number of hydrogen-bond acceptors (Lipinski definition) is 3. The Balaban J connectivity index is 1.96. The van der Waals surface area contributed by atoms with Crippen LogP contribution < -0.4 is 10.5 Å². The molecular formula is C15H24N2O2S. The fourth-order valence-electron chi connectivity index (χ4n) is 2.74. The summed E-state index contributed by atoms with van der Waals surface area (Å²) in [6.07, 6.45) is 5.98. The maximum atomic E-state index is 12.2. The summed E-state index contributed by atoms with van der Waals surface area (Å²) in [6, 6.07) is 6.70. The van der Waals surface area contributed by atoms with Crippen molar-refractivity contribution in [1.82, 2.24) is 4.72 Å². The molecule has 1 aliphatic rings. The second-order valence-corrected chi connectivity index (χ2v) is 7.47. The zero-order valence-electron chi connectivity index (χ0n) is 12.0. The van der Waals surface area contributed by atoms with Gasteiger partial charge in [0, 0.05) is 12.6 Å². The summed E-state index contributed by atoms with van der Waals surface area (Å²) in [5, 5.41) is 0. The first-order valence-corrected chi connectivity index (χ1v) is 8.82. The predicted octanol–water partition coefficient (Wildman–Crippen LogP) is 2.56. The van der Waals surface area contributed by atoms with E-state index in [4.69, 9.17) is 5.73 Å². The molecule has 0 bridgehead atoms. The van der Waals surface area contributed by atoms with Crippen LogP contribution in [-0.2, 0) is 10.0 Å². The van der Waals surface area contributed by atoms with Crippen LogP contribution in [0.2, 0.25) is 0 Å². The Morgan fingerprint density at radius 3 is 2.70 bits per heavy atom. The fourth-order valence-corrected chi connectivity index (χ4v) is 3.85. The van der Waals surface area contributed by atoms with Crippen LogP contribution in [0, 0.1) is 5.92 Å². The van der Waals surface area contributed by atoms with Crippen LogP contribution in [0.4, 0.5) is 0 Å². The van der Waals surface area contributed by atoms with Gasteiger partial charge in [-0.3, -0.25) is 0 Å². The second-order valence-electron chi connectivity index (χ2n) is 5.70. The van der Waals surface area contributed by atoms with Crippen molar-refractivity contribution >= 4 is 10.0 Å². The van der Waals surface area contributed by atoms with Gasteiger partial charge in [-0.15, -0.1) is 0 Å². The van der Waals surface area contributed by atoms with Gasteiger partial charge in [0.2, 0.25) is 10.0 Å². The SMILES string of the molecule is CC(N)c1cccc(S(=O)(=O)NCCC2CCCC2)c1. The monoisotopic (exact) mass is 296 g/mol. The smallest absolute Gasteiger partial charge is 0.240 e. The van der Waals surface area contributed by atoms with Crippen LogP contribution in [-0.4, -0.2) is 15.0 Å². The minimum absolute atomic E-state index is 0.163. The maximum Gasteiger partial charge on any atom is 0.240 e. The largest absolute Gasteiger partial charge is 0.324 e. The number of sulfonamides is 1. The van der Waals surface area contributed by atoms with Crippen LogP contribution in [0.25, 0.3) is 0 Å². The average molecular weight is 296 g/mol. The first kappa shape index (κ1) is 15.5. The van der Waals surface area contributed by atoms with Gasteiger partial charge in [0.15, 0.2) is 0 Å². The van der Waals surface area contributed by atoms with Gasteiger partial charge in [0.1, 0.15) is 0 Å². The molecular weight excluding hydrogens is 272 g/mol. The zero-order valence-corrected chi connectivity index (χ0v) is 12.8. The lowest BCUT2D eigenvalue weighted by Gasteiger charge is -2.12. The van der Waals surface area contributed by atoms with E-state index in [2.05, 4.69) is 4.72 Å². The van der Waals surface area contributed by atoms with Gasteiger partial charge in [-0.05, 0) is 37.0 Å². The molecule has 1 aromatic rings. The highest BCUT2D eigenvalue weighted by Gasteiger charge is 2.18. The molecule has 1 fully saturated rings. The van der Waals surface area contributed by atoms with E-state index in [0.29, 0.717) is 17.4 Å². The molecule has 0 saturated heterocycles. The van der Waals surface area contributed by atoms with E-state index in [1.165, 1.54) is 25.7 Å². The molecule has 0 aliphatic heterocycles. The highest BCUT2D eigenvalue weighted by molar-refractivity contribution is 7.89. The third-order valence-corrected chi connectivity index (χ3v) is 5.47. The average Bonchev–Trinajstić information content (AvgIpc) is 2.92. The van der Waals surface area contributed by atoms with Gasteiger partial charge >= 0.3 is 0 Å². The number of nitrogens with one attached hydrogen (secondary N) is 1. The summed E-state index contributed by atoms with van der Waals surface area (Å²) < 4.78 is 27.2. The molecule has 0 heterocycles. The molecule has 112 valence electrons. The van der Waals surface area contributed by atoms with Gasteiger partial charge in [0.25, 0.3) is 0 Å². The third kappa shape index (κ3) is 4.04. The van der Waals surface area contributed by atoms with Gasteiger partial charge in [-0.25, -0.2) is 13.1 Å². The van der Waals surface area contributed by atoms with Crippen LogP contribution in [0.3, 0.4) is 0 Å². The molecule has 3 N–H and O–H groups in total. The van der Waals surface area contributed by atoms with Crippen molar-refractivity contribution in [2.24, 2.45) is 11.7 Å². The maximum absolute atomic E-state index is 12.2. The summed E-state index contributed by atoms with van der Waals surface area (Å²) >= 11 is 0. The molecule has 0 spiro atoms. The summed E-state index contributed by atoms with van der Waals surface area (Å²) in [5.41, 5.74) is 6.63. The second kappa shape index (κ2) is 6.70. The zero-order chi connectivity index (χ0) is 14.6. The summed E-state index contributed by atoms with van der Waals surface area (Å²) in [7, 11) is -3.41. The lowest BCUT2D eigenvalue weighted by Crippen LogP contribution is -2.26. The summed E-state index contributed by atoms with van der Waals surface area (Å²) in [4.78, 5) is 0.304. The van der Waals surface area contributed by atoms with Crippen molar-refractivity contribution in [3.05, 3.63) is 29.8 Å². The van der Waals surface area contributed by atoms with E-state index in [-0.39, 0.29) is 6.04 Å². The minimum atomic E-state index is -3.41. The normalized spacial score (nSPS) is 18.3. The summed E-state index contributed by atoms with van der Waals surface area (Å²) in [6.45, 7) is 2.37. The van der Waals surface area contributed by atoms with E-state index in [0.717, 1.165) is 12.0 Å². The molecule has 4 nitrogen and oxygen atoms in total. The van der Waals surface area contributed by atoms with Gasteiger partial charge in [0.05, 0.1) is 4.90 Å². The molecule has 5 heteroatoms. The van der Waals surface area contributed by atoms with Crippen molar-refractivity contribution in [3.63, 3.8) is 0 Å². The number of nitrogens with two attached hydrogens (primary N) is 1. The van der Waals surface area contributed by atoms with Crippen molar-refractivity contribution in [1.29, 1.82) is 0 Å². The lowest BCUT2D eigenvalue weighted by molar-refractivity contribution is 0.495. The minimum Gasteiger partial charge on any atom is -0.324 e. The Bertz CT molecular complexity index is 535. The highest BCUT2D eigenvalue weighted by atomic mass is 32.2. The number of benzene rings is 1. The van der Waals surface area contributed by atoms with Crippen LogP contribution in [0.15, 0.2) is 29.2 Å². The van der Waals surface area contributed by atoms with E-state index in [1.807, 2.05) is 13.0 Å². The Morgan fingerprint density at radius 2 is 2.05 bits per heavy atom. The number of hydrogen-bond donors (Lipinski definition) is 2. The standard InChI is InChI=1S/C15H24N2O2S/c1-12(16)14-7-4-8-15(11-14)20(18,19)17-10-9-13-5-2-3-6-13/h4,7-8,11-13,17H,2-3,5-6,9-10,16H2,1H3. The van der Waals surface area contributed by atoms with Crippen molar-refractivity contribution in [2.45, 2.75) is 50.0 Å². The van der Waals surface area contributed by atoms with Gasteiger partial charge < -0.3 is 5.73 Å². The van der Waals surface area contributed by atoms with E-state index < -0.39 is 10.0 Å². The lowest BCUT2D eigenvalue weighted by atomic mass is 10.1. The first-order chi connectivity index (χ1) is 9.49. The first-order valence-electron chi connectivity index (χ1n) is 7.34. The molecule has 20 heavy (non-hydrogen) atoms. The summed E-state index contributed by atoms with van der Waals surface area (Å²) in [5.74, 6) is 0.688. The Morgan fingerprint density at radius 1 is 1.35 bits per heavy atom.